The molecular formula is C9H18N2O. The summed E-state index contributed by atoms with van der Waals surface area (Å²) in [5.74, 6) is 0. The van der Waals surface area contributed by atoms with Crippen molar-refractivity contribution in [1.82, 2.24) is 9.80 Å². The lowest BCUT2D eigenvalue weighted by Gasteiger charge is -2.38. The van der Waals surface area contributed by atoms with Crippen LogP contribution in [0.1, 0.15) is 0 Å². The largest absolute Gasteiger partial charge is 0.395 e. The van der Waals surface area contributed by atoms with Crippen LogP contribution in [0.25, 0.3) is 0 Å². The highest BCUT2D eigenvalue weighted by Gasteiger charge is 2.22. The maximum atomic E-state index is 9.05. The second-order valence-corrected chi connectivity index (χ2v) is 3.37. The van der Waals surface area contributed by atoms with E-state index in [2.05, 4.69) is 23.4 Å². The number of hydrogen-bond acceptors (Lipinski definition) is 3. The van der Waals surface area contributed by atoms with E-state index in [1.807, 2.05) is 6.08 Å². The molecule has 3 nitrogen and oxygen atoms in total. The Hall–Kier alpha value is -0.380. The SMILES string of the molecule is C=CCN1CCN(C)C(CO)C1. The number of piperazine rings is 1. The van der Waals surface area contributed by atoms with Crippen molar-refractivity contribution in [3.05, 3.63) is 12.7 Å². The van der Waals surface area contributed by atoms with E-state index in [0.717, 1.165) is 26.2 Å². The average Bonchev–Trinajstić information content (AvgIpc) is 2.09. The van der Waals surface area contributed by atoms with Gasteiger partial charge in [0, 0.05) is 32.2 Å². The van der Waals surface area contributed by atoms with Crippen molar-refractivity contribution in [2.75, 3.05) is 39.8 Å². The van der Waals surface area contributed by atoms with Crippen LogP contribution in [-0.2, 0) is 0 Å². The summed E-state index contributed by atoms with van der Waals surface area (Å²) in [5.41, 5.74) is 0. The summed E-state index contributed by atoms with van der Waals surface area (Å²) < 4.78 is 0. The minimum absolute atomic E-state index is 0.254. The molecule has 1 unspecified atom stereocenters. The third-order valence-electron chi connectivity index (χ3n) is 2.46. The monoisotopic (exact) mass is 170 g/mol. The van der Waals surface area contributed by atoms with E-state index < -0.39 is 0 Å². The minimum atomic E-state index is 0.254. The summed E-state index contributed by atoms with van der Waals surface area (Å²) in [5, 5.41) is 9.05. The highest BCUT2D eigenvalue weighted by Crippen LogP contribution is 2.06. The van der Waals surface area contributed by atoms with E-state index in [4.69, 9.17) is 5.11 Å². The maximum absolute atomic E-state index is 9.05. The normalized spacial score (nSPS) is 27.3. The van der Waals surface area contributed by atoms with Crippen molar-refractivity contribution in [2.24, 2.45) is 0 Å². The first-order valence-electron chi connectivity index (χ1n) is 4.42. The fourth-order valence-electron chi connectivity index (χ4n) is 1.56. The quantitative estimate of drug-likeness (QED) is 0.593. The van der Waals surface area contributed by atoms with Crippen LogP contribution in [0.4, 0.5) is 0 Å². The second-order valence-electron chi connectivity index (χ2n) is 3.37. The number of hydrogen-bond donors (Lipinski definition) is 1. The van der Waals surface area contributed by atoms with Crippen LogP contribution in [0, 0.1) is 0 Å². The van der Waals surface area contributed by atoms with Crippen molar-refractivity contribution < 1.29 is 5.11 Å². The molecule has 1 fully saturated rings. The molecule has 12 heavy (non-hydrogen) atoms. The topological polar surface area (TPSA) is 26.7 Å². The molecule has 0 radical (unpaired) electrons. The molecule has 1 rings (SSSR count). The Balaban J connectivity index is 2.38. The van der Waals surface area contributed by atoms with Gasteiger partial charge in [-0.1, -0.05) is 6.08 Å². The van der Waals surface area contributed by atoms with Crippen LogP contribution in [0.2, 0.25) is 0 Å². The first-order chi connectivity index (χ1) is 5.77. The smallest absolute Gasteiger partial charge is 0.0599 e. The van der Waals surface area contributed by atoms with E-state index in [1.54, 1.807) is 0 Å². The third-order valence-corrected chi connectivity index (χ3v) is 2.46. The number of likely N-dealkylation sites (N-methyl/N-ethyl adjacent to an activating group) is 1. The summed E-state index contributed by atoms with van der Waals surface area (Å²) in [6.45, 7) is 7.98. The van der Waals surface area contributed by atoms with E-state index in [-0.39, 0.29) is 6.61 Å². The van der Waals surface area contributed by atoms with E-state index in [0.29, 0.717) is 6.04 Å². The number of aliphatic hydroxyl groups excluding tert-OH is 1. The molecule has 0 spiro atoms. The van der Waals surface area contributed by atoms with Gasteiger partial charge in [0.25, 0.3) is 0 Å². The van der Waals surface area contributed by atoms with Crippen LogP contribution < -0.4 is 0 Å². The van der Waals surface area contributed by atoms with Gasteiger partial charge in [0.2, 0.25) is 0 Å². The summed E-state index contributed by atoms with van der Waals surface area (Å²) in [6.07, 6.45) is 1.92. The predicted molar refractivity (Wildman–Crippen MR) is 50.1 cm³/mol. The molecule has 0 aromatic rings. The minimum Gasteiger partial charge on any atom is -0.395 e. The standard InChI is InChI=1S/C9H18N2O/c1-3-4-11-6-5-10(2)9(7-11)8-12/h3,9,12H,1,4-8H2,2H3. The van der Waals surface area contributed by atoms with Gasteiger partial charge >= 0.3 is 0 Å². The zero-order chi connectivity index (χ0) is 8.97. The first kappa shape index (κ1) is 9.71. The van der Waals surface area contributed by atoms with Crippen molar-refractivity contribution in [2.45, 2.75) is 6.04 Å². The Morgan fingerprint density at radius 3 is 2.92 bits per heavy atom. The Labute approximate surface area is 74.3 Å². The molecule has 3 heteroatoms. The number of nitrogens with zero attached hydrogens (tertiary/aromatic N) is 2. The van der Waals surface area contributed by atoms with E-state index in [1.165, 1.54) is 0 Å². The van der Waals surface area contributed by atoms with Crippen molar-refractivity contribution in [1.29, 1.82) is 0 Å². The summed E-state index contributed by atoms with van der Waals surface area (Å²) in [4.78, 5) is 4.52. The van der Waals surface area contributed by atoms with Gasteiger partial charge in [0.15, 0.2) is 0 Å². The first-order valence-corrected chi connectivity index (χ1v) is 4.42. The number of aliphatic hydroxyl groups is 1. The predicted octanol–water partition coefficient (Wildman–Crippen LogP) is -0.219. The summed E-state index contributed by atoms with van der Waals surface area (Å²) >= 11 is 0. The van der Waals surface area contributed by atoms with Gasteiger partial charge in [0.1, 0.15) is 0 Å². The highest BCUT2D eigenvalue weighted by atomic mass is 16.3. The molecule has 0 aromatic carbocycles. The molecule has 0 aromatic heterocycles. The third kappa shape index (κ3) is 2.30. The van der Waals surface area contributed by atoms with Crippen LogP contribution in [-0.4, -0.2) is 60.8 Å². The lowest BCUT2D eigenvalue weighted by atomic mass is 10.2. The fraction of sp³-hybridized carbons (Fsp3) is 0.778. The molecule has 70 valence electrons. The van der Waals surface area contributed by atoms with Crippen molar-refractivity contribution >= 4 is 0 Å². The summed E-state index contributed by atoms with van der Waals surface area (Å²) in [7, 11) is 2.06. The second kappa shape index (κ2) is 4.60. The van der Waals surface area contributed by atoms with Crippen LogP contribution in [0.3, 0.4) is 0 Å². The molecule has 1 N–H and O–H groups in total. The van der Waals surface area contributed by atoms with Gasteiger partial charge in [-0.25, -0.2) is 0 Å². The lowest BCUT2D eigenvalue weighted by Crippen LogP contribution is -2.52. The fourth-order valence-corrected chi connectivity index (χ4v) is 1.56. The van der Waals surface area contributed by atoms with Gasteiger partial charge in [-0.3, -0.25) is 9.80 Å². The lowest BCUT2D eigenvalue weighted by molar-refractivity contribution is 0.0635. The number of rotatable bonds is 3. The summed E-state index contributed by atoms with van der Waals surface area (Å²) in [6, 6.07) is 0.304. The molecule has 0 aliphatic carbocycles. The average molecular weight is 170 g/mol. The van der Waals surface area contributed by atoms with Crippen molar-refractivity contribution in [3.63, 3.8) is 0 Å². The van der Waals surface area contributed by atoms with E-state index in [9.17, 15) is 0 Å². The molecule has 1 atom stereocenters. The molecule has 0 saturated carbocycles. The molecule has 1 saturated heterocycles. The zero-order valence-electron chi connectivity index (χ0n) is 7.74. The molecular weight excluding hydrogens is 152 g/mol. The molecule has 1 aliphatic heterocycles. The molecule has 1 heterocycles. The van der Waals surface area contributed by atoms with Crippen LogP contribution in [0.15, 0.2) is 12.7 Å². The highest BCUT2D eigenvalue weighted by molar-refractivity contribution is 4.83. The molecule has 1 aliphatic rings. The zero-order valence-corrected chi connectivity index (χ0v) is 7.74. The van der Waals surface area contributed by atoms with Gasteiger partial charge in [-0.15, -0.1) is 6.58 Å². The Morgan fingerprint density at radius 1 is 1.58 bits per heavy atom. The molecule has 0 amide bonds. The molecule has 0 bridgehead atoms. The van der Waals surface area contributed by atoms with Gasteiger partial charge < -0.3 is 5.11 Å². The van der Waals surface area contributed by atoms with Crippen LogP contribution >= 0.6 is 0 Å². The maximum Gasteiger partial charge on any atom is 0.0599 e. The Bertz CT molecular complexity index is 149. The van der Waals surface area contributed by atoms with Crippen LogP contribution in [0.5, 0.6) is 0 Å². The Morgan fingerprint density at radius 2 is 2.33 bits per heavy atom. The van der Waals surface area contributed by atoms with E-state index >= 15 is 0 Å². The van der Waals surface area contributed by atoms with Crippen molar-refractivity contribution in [3.8, 4) is 0 Å². The Kier molecular flexibility index (Phi) is 3.72. The van der Waals surface area contributed by atoms with Gasteiger partial charge in [-0.05, 0) is 7.05 Å². The van der Waals surface area contributed by atoms with Gasteiger partial charge in [-0.2, -0.15) is 0 Å². The van der Waals surface area contributed by atoms with Gasteiger partial charge in [0.05, 0.1) is 6.61 Å².